The Morgan fingerprint density at radius 3 is 1.57 bits per heavy atom. The molecular formula is C47H88N2O6P+. The molecule has 0 aliphatic rings. The summed E-state index contributed by atoms with van der Waals surface area (Å²) >= 11 is 0. The van der Waals surface area contributed by atoms with Crippen molar-refractivity contribution in [2.45, 2.75) is 193 Å². The van der Waals surface area contributed by atoms with E-state index >= 15 is 0 Å². The topological polar surface area (TPSA) is 105 Å². The predicted molar refractivity (Wildman–Crippen MR) is 240 cm³/mol. The Labute approximate surface area is 345 Å². The van der Waals surface area contributed by atoms with Gasteiger partial charge in [-0.25, -0.2) is 4.57 Å². The van der Waals surface area contributed by atoms with Gasteiger partial charge >= 0.3 is 7.82 Å². The molecule has 1 amide bonds. The van der Waals surface area contributed by atoms with E-state index in [1.807, 2.05) is 27.2 Å². The summed E-state index contributed by atoms with van der Waals surface area (Å²) in [7, 11) is 1.54. The molecule has 9 heteroatoms. The van der Waals surface area contributed by atoms with E-state index in [-0.39, 0.29) is 19.1 Å². The molecule has 0 saturated heterocycles. The third-order valence-electron chi connectivity index (χ3n) is 9.72. The second-order valence-electron chi connectivity index (χ2n) is 16.4. The van der Waals surface area contributed by atoms with Gasteiger partial charge in [-0.3, -0.25) is 13.8 Å². The fraction of sp³-hybridized carbons (Fsp3) is 0.766. The maximum Gasteiger partial charge on any atom is 0.472 e. The van der Waals surface area contributed by atoms with Crippen LogP contribution in [0.5, 0.6) is 0 Å². The van der Waals surface area contributed by atoms with Gasteiger partial charge in [0.1, 0.15) is 13.2 Å². The van der Waals surface area contributed by atoms with Crippen molar-refractivity contribution < 1.29 is 32.9 Å². The molecule has 0 rings (SSSR count). The summed E-state index contributed by atoms with van der Waals surface area (Å²) in [5.41, 5.74) is 0. The number of nitrogens with zero attached hydrogens (tertiary/aromatic N) is 1. The summed E-state index contributed by atoms with van der Waals surface area (Å²) in [4.78, 5) is 23.1. The molecule has 0 aliphatic carbocycles. The molecule has 0 saturated carbocycles. The van der Waals surface area contributed by atoms with Gasteiger partial charge in [-0.15, -0.1) is 0 Å². The number of phosphoric acid groups is 1. The van der Waals surface area contributed by atoms with E-state index in [4.69, 9.17) is 9.05 Å². The van der Waals surface area contributed by atoms with E-state index in [0.717, 1.165) is 44.9 Å². The molecule has 0 fully saturated rings. The summed E-state index contributed by atoms with van der Waals surface area (Å²) in [6.45, 7) is 4.72. The molecule has 0 aromatic heterocycles. The third-order valence-corrected chi connectivity index (χ3v) is 10.7. The fourth-order valence-corrected chi connectivity index (χ4v) is 6.80. The smallest absolute Gasteiger partial charge is 0.387 e. The number of phosphoric ester groups is 1. The zero-order valence-corrected chi connectivity index (χ0v) is 37.8. The highest BCUT2D eigenvalue weighted by molar-refractivity contribution is 7.47. The number of carbonyl (C=O) groups is 1. The van der Waals surface area contributed by atoms with E-state index in [1.54, 1.807) is 6.08 Å². The number of aliphatic hydroxyl groups is 1. The lowest BCUT2D eigenvalue weighted by atomic mass is 10.0. The molecule has 8 nitrogen and oxygen atoms in total. The monoisotopic (exact) mass is 808 g/mol. The molecule has 56 heavy (non-hydrogen) atoms. The Kier molecular flexibility index (Phi) is 37.5. The van der Waals surface area contributed by atoms with Crippen LogP contribution in [0.25, 0.3) is 0 Å². The van der Waals surface area contributed by atoms with Crippen molar-refractivity contribution >= 4 is 13.7 Å². The number of carbonyl (C=O) groups excluding carboxylic acids is 1. The van der Waals surface area contributed by atoms with Gasteiger partial charge in [-0.2, -0.15) is 0 Å². The van der Waals surface area contributed by atoms with Crippen LogP contribution in [0.2, 0.25) is 0 Å². The van der Waals surface area contributed by atoms with Gasteiger partial charge in [0.05, 0.1) is 39.9 Å². The number of rotatable bonds is 40. The average Bonchev–Trinajstić information content (AvgIpc) is 3.15. The van der Waals surface area contributed by atoms with E-state index in [1.165, 1.54) is 116 Å². The van der Waals surface area contributed by atoms with Gasteiger partial charge in [0.25, 0.3) is 0 Å². The zero-order valence-electron chi connectivity index (χ0n) is 36.9. The fourth-order valence-electron chi connectivity index (χ4n) is 6.06. The quantitative estimate of drug-likeness (QED) is 0.0187. The normalized spacial score (nSPS) is 14.9. The minimum atomic E-state index is -4.35. The van der Waals surface area contributed by atoms with Crippen molar-refractivity contribution in [3.05, 3.63) is 60.8 Å². The molecule has 326 valence electrons. The van der Waals surface area contributed by atoms with Crippen LogP contribution in [-0.4, -0.2) is 73.4 Å². The SMILES string of the molecule is CCCCC/C=C\C=C/CCCCCCCCCCCCC(=O)NC(COP(=O)(O)OCC[N+](C)(C)C)C(O)/C=C/CC/C=C/CC/C=C/CCCCCCC. The molecule has 0 spiro atoms. The van der Waals surface area contributed by atoms with Crippen molar-refractivity contribution in [2.24, 2.45) is 0 Å². The Morgan fingerprint density at radius 2 is 1.04 bits per heavy atom. The van der Waals surface area contributed by atoms with Gasteiger partial charge < -0.3 is 19.8 Å². The van der Waals surface area contributed by atoms with Crippen molar-refractivity contribution in [1.82, 2.24) is 5.32 Å². The maximum atomic E-state index is 12.9. The van der Waals surface area contributed by atoms with Crippen LogP contribution in [0.1, 0.15) is 181 Å². The second-order valence-corrected chi connectivity index (χ2v) is 17.9. The number of likely N-dealkylation sites (N-methyl/N-ethyl adjacent to an activating group) is 1. The molecule has 3 unspecified atom stereocenters. The van der Waals surface area contributed by atoms with Crippen LogP contribution in [0, 0.1) is 0 Å². The molecule has 0 radical (unpaired) electrons. The highest BCUT2D eigenvalue weighted by Crippen LogP contribution is 2.43. The number of aliphatic hydroxyl groups excluding tert-OH is 1. The number of quaternary nitrogens is 1. The maximum absolute atomic E-state index is 12.9. The largest absolute Gasteiger partial charge is 0.472 e. The van der Waals surface area contributed by atoms with E-state index in [2.05, 4.69) is 67.8 Å². The molecule has 0 aromatic carbocycles. The second kappa shape index (κ2) is 38.7. The van der Waals surface area contributed by atoms with Crippen molar-refractivity contribution in [1.29, 1.82) is 0 Å². The lowest BCUT2D eigenvalue weighted by Crippen LogP contribution is -2.45. The molecule has 0 bridgehead atoms. The van der Waals surface area contributed by atoms with Crippen molar-refractivity contribution in [3.8, 4) is 0 Å². The van der Waals surface area contributed by atoms with Crippen LogP contribution >= 0.6 is 7.82 Å². The van der Waals surface area contributed by atoms with E-state index in [0.29, 0.717) is 17.4 Å². The van der Waals surface area contributed by atoms with E-state index < -0.39 is 20.0 Å². The Balaban J connectivity index is 4.47. The molecular weight excluding hydrogens is 719 g/mol. The van der Waals surface area contributed by atoms with Crippen molar-refractivity contribution in [2.75, 3.05) is 40.9 Å². The number of hydrogen-bond donors (Lipinski definition) is 3. The summed E-state index contributed by atoms with van der Waals surface area (Å²) < 4.78 is 23.5. The van der Waals surface area contributed by atoms with Crippen molar-refractivity contribution in [3.63, 3.8) is 0 Å². The van der Waals surface area contributed by atoms with Crippen LogP contribution in [0.3, 0.4) is 0 Å². The Hall–Kier alpha value is -1.80. The Bertz CT molecular complexity index is 1100. The average molecular weight is 808 g/mol. The minimum Gasteiger partial charge on any atom is -0.387 e. The number of allylic oxidation sites excluding steroid dienone is 9. The minimum absolute atomic E-state index is 0.0507. The van der Waals surface area contributed by atoms with Crippen LogP contribution < -0.4 is 5.32 Å². The summed E-state index contributed by atoms with van der Waals surface area (Å²) in [6.07, 6.45) is 50.0. The predicted octanol–water partition coefficient (Wildman–Crippen LogP) is 12.6. The Morgan fingerprint density at radius 1 is 0.607 bits per heavy atom. The van der Waals surface area contributed by atoms with Gasteiger partial charge in [0.15, 0.2) is 0 Å². The van der Waals surface area contributed by atoms with Gasteiger partial charge in [0.2, 0.25) is 5.91 Å². The van der Waals surface area contributed by atoms with Gasteiger partial charge in [-0.1, -0.05) is 164 Å². The highest BCUT2D eigenvalue weighted by atomic mass is 31.2. The van der Waals surface area contributed by atoms with Crippen LogP contribution in [0.4, 0.5) is 0 Å². The first-order valence-corrected chi connectivity index (χ1v) is 24.2. The molecule has 3 atom stereocenters. The first kappa shape index (κ1) is 54.2. The lowest BCUT2D eigenvalue weighted by molar-refractivity contribution is -0.870. The third kappa shape index (κ3) is 40.4. The first-order valence-electron chi connectivity index (χ1n) is 22.7. The molecule has 3 N–H and O–H groups in total. The zero-order chi connectivity index (χ0) is 41.4. The molecule has 0 aromatic rings. The van der Waals surface area contributed by atoms with Gasteiger partial charge in [-0.05, 0) is 70.6 Å². The number of amides is 1. The van der Waals surface area contributed by atoms with Crippen LogP contribution in [-0.2, 0) is 18.4 Å². The summed E-state index contributed by atoms with van der Waals surface area (Å²) in [6, 6.07) is -0.872. The molecule has 0 aliphatic heterocycles. The molecule has 0 heterocycles. The first-order chi connectivity index (χ1) is 27.0. The van der Waals surface area contributed by atoms with E-state index in [9.17, 15) is 19.4 Å². The standard InChI is InChI=1S/C47H87N2O6P/c1-6-8-10-12-14-16-18-20-22-23-24-25-27-29-31-33-35-37-39-41-47(51)48-45(44-55-56(52,53)54-43-42-49(3,4)5)46(50)40-38-36-34-32-30-28-26-21-19-17-15-13-11-9-7-2/h14,16,18-21,30,32,38,40,45-46,50H,6-13,15,17,22-29,31,33-37,39,41-44H2,1-5H3,(H-,48,51,52,53)/p+1/b16-14-,20-18-,21-19+,32-30+,40-38+. The number of hydrogen-bond acceptors (Lipinski definition) is 5. The summed E-state index contributed by atoms with van der Waals surface area (Å²) in [5, 5.41) is 13.8. The van der Waals surface area contributed by atoms with Gasteiger partial charge in [0, 0.05) is 6.42 Å². The summed E-state index contributed by atoms with van der Waals surface area (Å²) in [5.74, 6) is -0.198. The number of unbranched alkanes of at least 4 members (excludes halogenated alkanes) is 20. The van der Waals surface area contributed by atoms with Crippen LogP contribution in [0.15, 0.2) is 60.8 Å². The lowest BCUT2D eigenvalue weighted by Gasteiger charge is -2.25. The highest BCUT2D eigenvalue weighted by Gasteiger charge is 2.27. The number of nitrogens with one attached hydrogen (secondary N) is 1.